The number of carbonyl (C=O) groups is 1. The van der Waals surface area contributed by atoms with E-state index in [1.54, 1.807) is 0 Å². The van der Waals surface area contributed by atoms with Crippen molar-refractivity contribution >= 4 is 5.91 Å². The van der Waals surface area contributed by atoms with E-state index in [2.05, 4.69) is 5.32 Å². The van der Waals surface area contributed by atoms with Crippen LogP contribution >= 0.6 is 0 Å². The largest absolute Gasteiger partial charge is 0.396 e. The van der Waals surface area contributed by atoms with Crippen LogP contribution < -0.4 is 5.32 Å². The minimum Gasteiger partial charge on any atom is -0.396 e. The van der Waals surface area contributed by atoms with Crippen LogP contribution in [-0.2, 0) is 4.79 Å². The third kappa shape index (κ3) is 2.69. The van der Waals surface area contributed by atoms with Gasteiger partial charge in [-0.1, -0.05) is 0 Å². The summed E-state index contributed by atoms with van der Waals surface area (Å²) in [5.74, 6) is 0.209. The average Bonchev–Trinajstić information content (AvgIpc) is 2.81. The Morgan fingerprint density at radius 3 is 2.53 bits per heavy atom. The van der Waals surface area contributed by atoms with Crippen molar-refractivity contribution < 1.29 is 9.90 Å². The second kappa shape index (κ2) is 4.49. The number of aliphatic hydroxyl groups is 1. The molecule has 0 aromatic heterocycles. The molecule has 2 rings (SSSR count). The van der Waals surface area contributed by atoms with Crippen molar-refractivity contribution in [1.82, 2.24) is 10.2 Å². The first-order valence-corrected chi connectivity index (χ1v) is 5.85. The van der Waals surface area contributed by atoms with Crippen LogP contribution in [0.1, 0.15) is 25.7 Å². The van der Waals surface area contributed by atoms with Crippen molar-refractivity contribution in [2.45, 2.75) is 25.7 Å². The van der Waals surface area contributed by atoms with E-state index in [9.17, 15) is 4.79 Å². The van der Waals surface area contributed by atoms with E-state index in [-0.39, 0.29) is 17.9 Å². The zero-order valence-corrected chi connectivity index (χ0v) is 9.17. The number of hydrogen-bond acceptors (Lipinski definition) is 3. The lowest BCUT2D eigenvalue weighted by atomic mass is 10.1. The molecule has 1 aliphatic heterocycles. The van der Waals surface area contributed by atoms with Crippen LogP contribution in [0.15, 0.2) is 0 Å². The molecule has 0 aromatic rings. The molecule has 0 bridgehead atoms. The van der Waals surface area contributed by atoms with Gasteiger partial charge in [0.15, 0.2) is 0 Å². The lowest BCUT2D eigenvalue weighted by molar-refractivity contribution is -0.129. The zero-order valence-electron chi connectivity index (χ0n) is 9.17. The summed E-state index contributed by atoms with van der Waals surface area (Å²) in [6.45, 7) is 3.31. The fraction of sp³-hybridized carbons (Fsp3) is 0.909. The van der Waals surface area contributed by atoms with Gasteiger partial charge in [-0.2, -0.15) is 0 Å². The van der Waals surface area contributed by atoms with Crippen LogP contribution in [0.3, 0.4) is 0 Å². The van der Waals surface area contributed by atoms with E-state index >= 15 is 0 Å². The molecule has 1 saturated carbocycles. The highest BCUT2D eigenvalue weighted by atomic mass is 16.3. The van der Waals surface area contributed by atoms with E-state index in [4.69, 9.17) is 5.11 Å². The average molecular weight is 212 g/mol. The molecule has 1 amide bonds. The molecular formula is C11H20N2O2. The Morgan fingerprint density at radius 2 is 2.00 bits per heavy atom. The summed E-state index contributed by atoms with van der Waals surface area (Å²) in [6.07, 6.45) is 4.47. The summed E-state index contributed by atoms with van der Waals surface area (Å²) in [7, 11) is 0. The monoisotopic (exact) mass is 212 g/mol. The molecule has 15 heavy (non-hydrogen) atoms. The smallest absolute Gasteiger partial charge is 0.236 e. The van der Waals surface area contributed by atoms with E-state index < -0.39 is 0 Å². The minimum atomic E-state index is 0.102. The molecule has 86 valence electrons. The van der Waals surface area contributed by atoms with Gasteiger partial charge in [0.1, 0.15) is 0 Å². The number of hydrogen-bond donors (Lipinski definition) is 2. The first kappa shape index (κ1) is 10.9. The van der Waals surface area contributed by atoms with Gasteiger partial charge in [0, 0.05) is 31.7 Å². The van der Waals surface area contributed by atoms with Gasteiger partial charge in [0.2, 0.25) is 5.91 Å². The van der Waals surface area contributed by atoms with Gasteiger partial charge in [-0.25, -0.2) is 0 Å². The molecule has 2 N–H and O–H groups in total. The number of amides is 1. The Hall–Kier alpha value is -0.610. The number of nitrogens with zero attached hydrogens (tertiary/aromatic N) is 1. The van der Waals surface area contributed by atoms with Crippen molar-refractivity contribution in [3.05, 3.63) is 0 Å². The number of carbonyl (C=O) groups excluding carboxylic acids is 1. The van der Waals surface area contributed by atoms with Gasteiger partial charge in [0.05, 0.1) is 6.54 Å². The molecule has 0 spiro atoms. The first-order chi connectivity index (χ1) is 7.26. The van der Waals surface area contributed by atoms with Crippen molar-refractivity contribution in [3.63, 3.8) is 0 Å². The molecular weight excluding hydrogens is 192 g/mol. The third-order valence-electron chi connectivity index (χ3n) is 3.53. The molecule has 0 radical (unpaired) electrons. The summed E-state index contributed by atoms with van der Waals surface area (Å²) in [5, 5.41) is 12.3. The van der Waals surface area contributed by atoms with Crippen LogP contribution in [0.25, 0.3) is 0 Å². The van der Waals surface area contributed by atoms with Crippen LogP contribution in [0, 0.1) is 5.41 Å². The Morgan fingerprint density at radius 1 is 1.33 bits per heavy atom. The lowest BCUT2D eigenvalue weighted by Crippen LogP contribution is -2.38. The standard InChI is InChI=1S/C11H20N2O2/c14-9-11(3-4-11)8-12-7-10(15)13-5-1-2-6-13/h12,14H,1-9H2. The third-order valence-corrected chi connectivity index (χ3v) is 3.53. The maximum Gasteiger partial charge on any atom is 0.236 e. The highest BCUT2D eigenvalue weighted by Gasteiger charge is 2.41. The Balaban J connectivity index is 1.63. The minimum absolute atomic E-state index is 0.102. The van der Waals surface area contributed by atoms with Crippen LogP contribution in [0.4, 0.5) is 0 Å². The van der Waals surface area contributed by atoms with Crippen molar-refractivity contribution in [3.8, 4) is 0 Å². The van der Waals surface area contributed by atoms with E-state index in [1.165, 1.54) is 0 Å². The van der Waals surface area contributed by atoms with Gasteiger partial charge >= 0.3 is 0 Å². The molecule has 2 fully saturated rings. The highest BCUT2D eigenvalue weighted by molar-refractivity contribution is 5.78. The molecule has 0 atom stereocenters. The molecule has 0 unspecified atom stereocenters. The van der Waals surface area contributed by atoms with Gasteiger partial charge in [-0.3, -0.25) is 4.79 Å². The topological polar surface area (TPSA) is 52.6 Å². The normalized spacial score (nSPS) is 23.1. The van der Waals surface area contributed by atoms with Crippen molar-refractivity contribution in [2.75, 3.05) is 32.8 Å². The predicted molar refractivity (Wildman–Crippen MR) is 57.4 cm³/mol. The Bertz CT molecular complexity index is 233. The fourth-order valence-electron chi connectivity index (χ4n) is 2.08. The summed E-state index contributed by atoms with van der Waals surface area (Å²) in [4.78, 5) is 13.6. The molecule has 4 heteroatoms. The second-order valence-corrected chi connectivity index (χ2v) is 4.85. The maximum absolute atomic E-state index is 11.6. The summed E-state index contributed by atoms with van der Waals surface area (Å²) >= 11 is 0. The van der Waals surface area contributed by atoms with Gasteiger partial charge < -0.3 is 15.3 Å². The van der Waals surface area contributed by atoms with E-state index in [0.717, 1.165) is 45.3 Å². The van der Waals surface area contributed by atoms with E-state index in [1.807, 2.05) is 4.90 Å². The van der Waals surface area contributed by atoms with Gasteiger partial charge in [0.25, 0.3) is 0 Å². The van der Waals surface area contributed by atoms with Crippen LogP contribution in [-0.4, -0.2) is 48.7 Å². The van der Waals surface area contributed by atoms with Crippen LogP contribution in [0.2, 0.25) is 0 Å². The molecule has 0 aromatic carbocycles. The van der Waals surface area contributed by atoms with Gasteiger partial charge in [-0.15, -0.1) is 0 Å². The predicted octanol–water partition coefficient (Wildman–Crippen LogP) is -0.0291. The highest BCUT2D eigenvalue weighted by Crippen LogP contribution is 2.44. The summed E-state index contributed by atoms with van der Waals surface area (Å²) in [6, 6.07) is 0. The quantitative estimate of drug-likeness (QED) is 0.673. The molecule has 2 aliphatic rings. The maximum atomic E-state index is 11.6. The molecule has 4 nitrogen and oxygen atoms in total. The van der Waals surface area contributed by atoms with Crippen molar-refractivity contribution in [1.29, 1.82) is 0 Å². The SMILES string of the molecule is O=C(CNCC1(CO)CC1)N1CCCC1. The Kier molecular flexibility index (Phi) is 3.26. The van der Waals surface area contributed by atoms with E-state index in [0.29, 0.717) is 6.54 Å². The number of aliphatic hydroxyl groups excluding tert-OH is 1. The summed E-state index contributed by atoms with van der Waals surface area (Å²) < 4.78 is 0. The molecule has 1 heterocycles. The molecule has 1 aliphatic carbocycles. The Labute approximate surface area is 90.6 Å². The van der Waals surface area contributed by atoms with Crippen molar-refractivity contribution in [2.24, 2.45) is 5.41 Å². The number of nitrogens with one attached hydrogen (secondary N) is 1. The number of likely N-dealkylation sites (tertiary alicyclic amines) is 1. The summed E-state index contributed by atoms with van der Waals surface area (Å²) in [5.41, 5.74) is 0.102. The zero-order chi connectivity index (χ0) is 10.7. The second-order valence-electron chi connectivity index (χ2n) is 4.85. The molecule has 1 saturated heterocycles. The first-order valence-electron chi connectivity index (χ1n) is 5.85. The number of rotatable bonds is 5. The van der Waals surface area contributed by atoms with Crippen LogP contribution in [0.5, 0.6) is 0 Å². The van der Waals surface area contributed by atoms with Gasteiger partial charge in [-0.05, 0) is 25.7 Å². The fourth-order valence-corrected chi connectivity index (χ4v) is 2.08. The lowest BCUT2D eigenvalue weighted by Gasteiger charge is -2.17.